The molecule has 1 aliphatic heterocycles. The van der Waals surface area contributed by atoms with E-state index in [1.807, 2.05) is 18.2 Å². The molecule has 1 aromatic rings. The van der Waals surface area contributed by atoms with Crippen molar-refractivity contribution in [1.29, 1.82) is 5.26 Å². The van der Waals surface area contributed by atoms with E-state index in [4.69, 9.17) is 5.26 Å². The third-order valence-corrected chi connectivity index (χ3v) is 4.75. The van der Waals surface area contributed by atoms with Crippen molar-refractivity contribution in [1.82, 2.24) is 4.90 Å². The number of likely N-dealkylation sites (tertiary alicyclic amines) is 1. The Morgan fingerprint density at radius 3 is 2.84 bits per heavy atom. The highest BCUT2D eigenvalue weighted by Crippen LogP contribution is 2.34. The van der Waals surface area contributed by atoms with Crippen LogP contribution in [0.1, 0.15) is 31.7 Å². The molecule has 1 saturated heterocycles. The Hall–Kier alpha value is -1.05. The summed E-state index contributed by atoms with van der Waals surface area (Å²) in [5.41, 5.74) is 1.78. The Balaban J connectivity index is 1.67. The zero-order valence-corrected chi connectivity index (χ0v) is 12.7. The van der Waals surface area contributed by atoms with Gasteiger partial charge < -0.3 is 5.32 Å². The molecule has 0 radical (unpaired) electrons. The van der Waals surface area contributed by atoms with Crippen LogP contribution in [-0.4, -0.2) is 29.6 Å². The maximum Gasteiger partial charge on any atom is 0.0992 e. The fourth-order valence-electron chi connectivity index (χ4n) is 3.00. The Morgan fingerprint density at radius 2 is 2.21 bits per heavy atom. The Bertz CT molecular complexity index is 519. The van der Waals surface area contributed by atoms with Crippen LogP contribution in [0.2, 0.25) is 0 Å². The van der Waals surface area contributed by atoms with Gasteiger partial charge >= 0.3 is 0 Å². The lowest BCUT2D eigenvalue weighted by Crippen LogP contribution is -2.31. The fourth-order valence-corrected chi connectivity index (χ4v) is 3.49. The zero-order chi connectivity index (χ0) is 13.4. The molecule has 0 spiro atoms. The molecule has 4 heteroatoms. The summed E-state index contributed by atoms with van der Waals surface area (Å²) >= 11 is 3.54. The van der Waals surface area contributed by atoms with E-state index in [0.29, 0.717) is 17.6 Å². The molecule has 19 heavy (non-hydrogen) atoms. The van der Waals surface area contributed by atoms with E-state index in [0.717, 1.165) is 22.7 Å². The van der Waals surface area contributed by atoms with E-state index in [-0.39, 0.29) is 0 Å². The highest BCUT2D eigenvalue weighted by atomic mass is 79.9. The third-order valence-electron chi connectivity index (χ3n) is 4.10. The smallest absolute Gasteiger partial charge is 0.0992 e. The van der Waals surface area contributed by atoms with Gasteiger partial charge in [0.25, 0.3) is 0 Å². The zero-order valence-electron chi connectivity index (χ0n) is 11.1. The summed E-state index contributed by atoms with van der Waals surface area (Å²) in [5.74, 6) is 0. The van der Waals surface area contributed by atoms with E-state index < -0.39 is 0 Å². The molecule has 2 unspecified atom stereocenters. The molecule has 2 aliphatic rings. The highest BCUT2D eigenvalue weighted by Gasteiger charge is 2.38. The van der Waals surface area contributed by atoms with Gasteiger partial charge in [-0.05, 0) is 60.3 Å². The monoisotopic (exact) mass is 319 g/mol. The van der Waals surface area contributed by atoms with Crippen LogP contribution in [0.15, 0.2) is 22.7 Å². The summed E-state index contributed by atoms with van der Waals surface area (Å²) in [7, 11) is 0. The van der Waals surface area contributed by atoms with E-state index in [1.165, 1.54) is 19.3 Å². The van der Waals surface area contributed by atoms with Crippen LogP contribution < -0.4 is 5.32 Å². The van der Waals surface area contributed by atoms with Gasteiger partial charge in [0.05, 0.1) is 11.6 Å². The van der Waals surface area contributed by atoms with Gasteiger partial charge in [0, 0.05) is 34.8 Å². The lowest BCUT2D eigenvalue weighted by Gasteiger charge is -2.20. The average Bonchev–Trinajstić information content (AvgIpc) is 3.17. The lowest BCUT2D eigenvalue weighted by atomic mass is 10.1. The second-order valence-electron chi connectivity index (χ2n) is 5.66. The number of hydrogen-bond donors (Lipinski definition) is 1. The number of nitriles is 1. The molecule has 2 atom stereocenters. The van der Waals surface area contributed by atoms with E-state index >= 15 is 0 Å². The van der Waals surface area contributed by atoms with Crippen LogP contribution in [0.5, 0.6) is 0 Å². The van der Waals surface area contributed by atoms with Gasteiger partial charge in [0.2, 0.25) is 0 Å². The van der Waals surface area contributed by atoms with Crippen molar-refractivity contribution < 1.29 is 0 Å². The number of rotatable bonds is 3. The Kier molecular flexibility index (Phi) is 3.51. The Labute approximate surface area is 122 Å². The van der Waals surface area contributed by atoms with Crippen molar-refractivity contribution in [3.8, 4) is 6.07 Å². The molecule has 2 fully saturated rings. The highest BCUT2D eigenvalue weighted by molar-refractivity contribution is 9.10. The SMILES string of the molecule is CC1CC(Nc2ccc(C#N)cc2Br)CN1C1CC1. The molecule has 1 aromatic carbocycles. The van der Waals surface area contributed by atoms with Crippen LogP contribution in [0.3, 0.4) is 0 Å². The maximum atomic E-state index is 8.88. The number of anilines is 1. The molecule has 1 heterocycles. The second kappa shape index (κ2) is 5.15. The van der Waals surface area contributed by atoms with Crippen molar-refractivity contribution >= 4 is 21.6 Å². The van der Waals surface area contributed by atoms with E-state index in [9.17, 15) is 0 Å². The molecule has 1 saturated carbocycles. The molecule has 1 aliphatic carbocycles. The van der Waals surface area contributed by atoms with Crippen molar-refractivity contribution in [2.24, 2.45) is 0 Å². The normalized spacial score (nSPS) is 27.2. The Morgan fingerprint density at radius 1 is 1.42 bits per heavy atom. The first kappa shape index (κ1) is 13.0. The molecule has 3 rings (SSSR count). The van der Waals surface area contributed by atoms with Gasteiger partial charge in [0.15, 0.2) is 0 Å². The molecule has 0 amide bonds. The number of hydrogen-bond acceptors (Lipinski definition) is 3. The van der Waals surface area contributed by atoms with Gasteiger partial charge in [-0.3, -0.25) is 4.90 Å². The summed E-state index contributed by atoms with van der Waals surface area (Å²) in [4.78, 5) is 2.63. The standard InChI is InChI=1S/C15H18BrN3/c1-10-6-12(9-19(10)13-3-4-13)18-15-5-2-11(8-17)7-14(15)16/h2,5,7,10,12-13,18H,3-4,6,9H2,1H3. The summed E-state index contributed by atoms with van der Waals surface area (Å²) in [5, 5.41) is 12.5. The van der Waals surface area contributed by atoms with Crippen LogP contribution in [0, 0.1) is 11.3 Å². The molecule has 0 aromatic heterocycles. The minimum atomic E-state index is 0.514. The fraction of sp³-hybridized carbons (Fsp3) is 0.533. The number of halogens is 1. The minimum absolute atomic E-state index is 0.514. The first-order valence-electron chi connectivity index (χ1n) is 6.89. The maximum absolute atomic E-state index is 8.88. The second-order valence-corrected chi connectivity index (χ2v) is 6.51. The van der Waals surface area contributed by atoms with Crippen LogP contribution >= 0.6 is 15.9 Å². The summed E-state index contributed by atoms with van der Waals surface area (Å²) in [6.45, 7) is 3.46. The molecular formula is C15H18BrN3. The molecule has 1 N–H and O–H groups in total. The first-order chi connectivity index (χ1) is 9.17. The topological polar surface area (TPSA) is 39.1 Å². The van der Waals surface area contributed by atoms with Crippen molar-refractivity contribution in [3.63, 3.8) is 0 Å². The predicted octanol–water partition coefficient (Wildman–Crippen LogP) is 3.36. The summed E-state index contributed by atoms with van der Waals surface area (Å²) < 4.78 is 0.976. The molecule has 100 valence electrons. The summed E-state index contributed by atoms with van der Waals surface area (Å²) in [6, 6.07) is 9.93. The van der Waals surface area contributed by atoms with Crippen molar-refractivity contribution in [2.75, 3.05) is 11.9 Å². The van der Waals surface area contributed by atoms with Gasteiger partial charge in [-0.1, -0.05) is 0 Å². The van der Waals surface area contributed by atoms with E-state index in [1.54, 1.807) is 0 Å². The minimum Gasteiger partial charge on any atom is -0.380 e. The van der Waals surface area contributed by atoms with Gasteiger partial charge in [0.1, 0.15) is 0 Å². The molecular weight excluding hydrogens is 302 g/mol. The first-order valence-corrected chi connectivity index (χ1v) is 7.68. The number of nitrogens with one attached hydrogen (secondary N) is 1. The average molecular weight is 320 g/mol. The van der Waals surface area contributed by atoms with Crippen LogP contribution in [0.4, 0.5) is 5.69 Å². The van der Waals surface area contributed by atoms with Crippen LogP contribution in [-0.2, 0) is 0 Å². The van der Waals surface area contributed by atoms with Crippen molar-refractivity contribution in [3.05, 3.63) is 28.2 Å². The predicted molar refractivity (Wildman–Crippen MR) is 80.1 cm³/mol. The van der Waals surface area contributed by atoms with Crippen molar-refractivity contribution in [2.45, 2.75) is 44.3 Å². The van der Waals surface area contributed by atoms with Gasteiger partial charge in [-0.2, -0.15) is 5.26 Å². The molecule has 0 bridgehead atoms. The number of nitrogens with zero attached hydrogens (tertiary/aromatic N) is 2. The molecule has 3 nitrogen and oxygen atoms in total. The third kappa shape index (κ3) is 2.77. The largest absolute Gasteiger partial charge is 0.380 e. The summed E-state index contributed by atoms with van der Waals surface area (Å²) in [6.07, 6.45) is 3.94. The number of benzene rings is 1. The van der Waals surface area contributed by atoms with Gasteiger partial charge in [-0.15, -0.1) is 0 Å². The lowest BCUT2D eigenvalue weighted by molar-refractivity contribution is 0.257. The quantitative estimate of drug-likeness (QED) is 0.928. The van der Waals surface area contributed by atoms with Crippen LogP contribution in [0.25, 0.3) is 0 Å². The van der Waals surface area contributed by atoms with Gasteiger partial charge in [-0.25, -0.2) is 0 Å². The van der Waals surface area contributed by atoms with E-state index in [2.05, 4.69) is 39.1 Å².